The van der Waals surface area contributed by atoms with Crippen LogP contribution in [0.5, 0.6) is 0 Å². The van der Waals surface area contributed by atoms with Crippen LogP contribution in [-0.4, -0.2) is 33.4 Å². The van der Waals surface area contributed by atoms with E-state index in [0.29, 0.717) is 5.92 Å². The van der Waals surface area contributed by atoms with Crippen molar-refractivity contribution in [2.24, 2.45) is 5.92 Å². The van der Waals surface area contributed by atoms with E-state index in [1.54, 1.807) is 7.11 Å². The van der Waals surface area contributed by atoms with E-state index in [0.717, 1.165) is 13.2 Å². The summed E-state index contributed by atoms with van der Waals surface area (Å²) in [5.74, 6) is 0.535. The highest BCUT2D eigenvalue weighted by Crippen LogP contribution is 2.22. The Morgan fingerprint density at radius 2 is 1.89 bits per heavy atom. The third-order valence-corrected chi connectivity index (χ3v) is 3.44. The van der Waals surface area contributed by atoms with Crippen molar-refractivity contribution in [3.63, 3.8) is 0 Å². The molecule has 1 unspecified atom stereocenters. The normalized spacial score (nSPS) is 16.9. The van der Waals surface area contributed by atoms with E-state index in [2.05, 4.69) is 41.4 Å². The number of hydrogen-bond acceptors (Lipinski definition) is 3. The van der Waals surface area contributed by atoms with Crippen molar-refractivity contribution < 1.29 is 4.74 Å². The largest absolute Gasteiger partial charge is 0.385 e. The van der Waals surface area contributed by atoms with Crippen molar-refractivity contribution in [1.82, 2.24) is 0 Å². The number of nitrogens with zero attached hydrogens (tertiary/aromatic N) is 1. The lowest BCUT2D eigenvalue weighted by Gasteiger charge is -2.18. The van der Waals surface area contributed by atoms with Crippen molar-refractivity contribution in [2.75, 3.05) is 43.6 Å². The Morgan fingerprint density at radius 3 is 2.50 bits per heavy atom. The van der Waals surface area contributed by atoms with Crippen LogP contribution in [0.4, 0.5) is 11.4 Å². The molecule has 1 aromatic rings. The maximum atomic E-state index is 5.13. The van der Waals surface area contributed by atoms with Crippen molar-refractivity contribution in [3.8, 4) is 0 Å². The first kappa shape index (κ1) is 13.2. The lowest BCUT2D eigenvalue weighted by molar-refractivity contribution is 0.164. The fourth-order valence-electron chi connectivity index (χ4n) is 2.40. The van der Waals surface area contributed by atoms with Gasteiger partial charge in [0.05, 0.1) is 6.61 Å². The molecular formula is C15H24N2O. The van der Waals surface area contributed by atoms with Crippen LogP contribution >= 0.6 is 0 Å². The average molecular weight is 248 g/mol. The van der Waals surface area contributed by atoms with E-state index in [9.17, 15) is 0 Å². The van der Waals surface area contributed by atoms with Gasteiger partial charge in [0, 0.05) is 38.1 Å². The second-order valence-corrected chi connectivity index (χ2v) is 5.18. The molecule has 18 heavy (non-hydrogen) atoms. The van der Waals surface area contributed by atoms with E-state index >= 15 is 0 Å². The van der Waals surface area contributed by atoms with E-state index < -0.39 is 0 Å². The van der Waals surface area contributed by atoms with Crippen LogP contribution < -0.4 is 10.2 Å². The number of benzene rings is 1. The zero-order valence-electron chi connectivity index (χ0n) is 11.5. The summed E-state index contributed by atoms with van der Waals surface area (Å²) in [7, 11) is 1.75. The minimum Gasteiger partial charge on any atom is -0.385 e. The van der Waals surface area contributed by atoms with Crippen molar-refractivity contribution >= 4 is 11.4 Å². The molecule has 1 aliphatic heterocycles. The van der Waals surface area contributed by atoms with Crippen LogP contribution in [0.25, 0.3) is 0 Å². The van der Waals surface area contributed by atoms with Gasteiger partial charge in [-0.15, -0.1) is 0 Å². The average Bonchev–Trinajstić information content (AvgIpc) is 2.91. The first-order valence-corrected chi connectivity index (χ1v) is 6.87. The molecule has 0 spiro atoms. The number of ether oxygens (including phenoxy) is 1. The van der Waals surface area contributed by atoms with Crippen molar-refractivity contribution in [2.45, 2.75) is 19.8 Å². The van der Waals surface area contributed by atoms with Gasteiger partial charge in [-0.2, -0.15) is 0 Å². The molecule has 100 valence electrons. The second kappa shape index (κ2) is 6.64. The Hall–Kier alpha value is -1.22. The summed E-state index contributed by atoms with van der Waals surface area (Å²) in [6.07, 6.45) is 2.66. The van der Waals surface area contributed by atoms with Crippen LogP contribution in [0.1, 0.15) is 19.8 Å². The molecule has 1 saturated heterocycles. The van der Waals surface area contributed by atoms with Gasteiger partial charge < -0.3 is 15.0 Å². The fourth-order valence-corrected chi connectivity index (χ4v) is 2.40. The van der Waals surface area contributed by atoms with Gasteiger partial charge in [-0.25, -0.2) is 0 Å². The molecule has 0 aliphatic carbocycles. The molecule has 0 radical (unpaired) electrons. The number of methoxy groups -OCH3 is 1. The molecule has 0 aromatic heterocycles. The van der Waals surface area contributed by atoms with Crippen LogP contribution in [0.3, 0.4) is 0 Å². The topological polar surface area (TPSA) is 24.5 Å². The van der Waals surface area contributed by atoms with Crippen LogP contribution in [-0.2, 0) is 4.74 Å². The molecule has 1 N–H and O–H groups in total. The van der Waals surface area contributed by atoms with E-state index in [1.807, 2.05) is 0 Å². The molecule has 1 aliphatic rings. The highest BCUT2D eigenvalue weighted by Gasteiger charge is 2.11. The number of rotatable bonds is 6. The molecule has 0 amide bonds. The fraction of sp³-hybridized carbons (Fsp3) is 0.600. The smallest absolute Gasteiger partial charge is 0.0504 e. The summed E-state index contributed by atoms with van der Waals surface area (Å²) in [6.45, 7) is 6.36. The predicted octanol–water partition coefficient (Wildman–Crippen LogP) is 2.98. The lowest BCUT2D eigenvalue weighted by atomic mass is 10.2. The Bertz CT molecular complexity index is 344. The van der Waals surface area contributed by atoms with Crippen molar-refractivity contribution in [3.05, 3.63) is 24.3 Å². The predicted molar refractivity (Wildman–Crippen MR) is 77.4 cm³/mol. The SMILES string of the molecule is COCC(C)CNc1ccc(N2CCCC2)cc1. The minimum absolute atomic E-state index is 0.535. The lowest BCUT2D eigenvalue weighted by Crippen LogP contribution is -2.18. The number of nitrogens with one attached hydrogen (secondary N) is 1. The Balaban J connectivity index is 1.83. The molecule has 0 bridgehead atoms. The zero-order valence-corrected chi connectivity index (χ0v) is 11.5. The molecule has 2 rings (SSSR count). The van der Waals surface area contributed by atoms with E-state index in [4.69, 9.17) is 4.74 Å². The quantitative estimate of drug-likeness (QED) is 0.837. The van der Waals surface area contributed by atoms with Gasteiger partial charge in [0.25, 0.3) is 0 Å². The Morgan fingerprint density at radius 1 is 1.22 bits per heavy atom. The summed E-state index contributed by atoms with van der Waals surface area (Å²) in [5.41, 5.74) is 2.55. The minimum atomic E-state index is 0.535. The van der Waals surface area contributed by atoms with Crippen LogP contribution in [0.2, 0.25) is 0 Å². The van der Waals surface area contributed by atoms with E-state index in [-0.39, 0.29) is 0 Å². The maximum Gasteiger partial charge on any atom is 0.0504 e. The molecule has 3 heteroatoms. The molecule has 1 aromatic carbocycles. The Labute approximate surface area is 110 Å². The molecular weight excluding hydrogens is 224 g/mol. The third-order valence-electron chi connectivity index (χ3n) is 3.44. The first-order valence-electron chi connectivity index (χ1n) is 6.87. The summed E-state index contributed by atoms with van der Waals surface area (Å²) in [6, 6.07) is 8.78. The van der Waals surface area contributed by atoms with Gasteiger partial charge in [-0.05, 0) is 43.0 Å². The molecule has 1 heterocycles. The summed E-state index contributed by atoms with van der Waals surface area (Å²) >= 11 is 0. The van der Waals surface area contributed by atoms with Crippen LogP contribution in [0.15, 0.2) is 24.3 Å². The number of hydrogen-bond donors (Lipinski definition) is 1. The molecule has 1 fully saturated rings. The van der Waals surface area contributed by atoms with Gasteiger partial charge >= 0.3 is 0 Å². The molecule has 0 saturated carbocycles. The molecule has 3 nitrogen and oxygen atoms in total. The summed E-state index contributed by atoms with van der Waals surface area (Å²) in [5, 5.41) is 3.45. The van der Waals surface area contributed by atoms with Crippen LogP contribution in [0, 0.1) is 5.92 Å². The van der Waals surface area contributed by atoms with Gasteiger partial charge in [0.2, 0.25) is 0 Å². The second-order valence-electron chi connectivity index (χ2n) is 5.18. The van der Waals surface area contributed by atoms with Gasteiger partial charge in [-0.3, -0.25) is 0 Å². The summed E-state index contributed by atoms with van der Waals surface area (Å²) in [4.78, 5) is 2.46. The monoisotopic (exact) mass is 248 g/mol. The third kappa shape index (κ3) is 3.64. The zero-order chi connectivity index (χ0) is 12.8. The van der Waals surface area contributed by atoms with Crippen molar-refractivity contribution in [1.29, 1.82) is 0 Å². The maximum absolute atomic E-state index is 5.13. The summed E-state index contributed by atoms with van der Waals surface area (Å²) < 4.78 is 5.13. The van der Waals surface area contributed by atoms with Gasteiger partial charge in [0.15, 0.2) is 0 Å². The first-order chi connectivity index (χ1) is 8.79. The number of anilines is 2. The highest BCUT2D eigenvalue weighted by atomic mass is 16.5. The Kier molecular flexibility index (Phi) is 4.88. The van der Waals surface area contributed by atoms with Gasteiger partial charge in [0.1, 0.15) is 0 Å². The standard InChI is InChI=1S/C15H24N2O/c1-13(12-18-2)11-16-14-5-7-15(8-6-14)17-9-3-4-10-17/h5-8,13,16H,3-4,9-12H2,1-2H3. The van der Waals surface area contributed by atoms with E-state index in [1.165, 1.54) is 37.3 Å². The highest BCUT2D eigenvalue weighted by molar-refractivity contribution is 5.55. The van der Waals surface area contributed by atoms with Gasteiger partial charge in [-0.1, -0.05) is 6.92 Å². The molecule has 1 atom stereocenters.